The van der Waals surface area contributed by atoms with Gasteiger partial charge in [0.05, 0.1) is 5.92 Å². The molecule has 0 spiro atoms. The fraction of sp³-hybridized carbons (Fsp3) is 0.364. The molecule has 142 valence electrons. The van der Waals surface area contributed by atoms with Crippen molar-refractivity contribution in [1.82, 2.24) is 10.2 Å². The normalized spacial score (nSPS) is 16.6. The van der Waals surface area contributed by atoms with E-state index in [2.05, 4.69) is 17.4 Å². The second kappa shape index (κ2) is 9.60. The number of hydrogen-bond acceptors (Lipinski definition) is 3. The van der Waals surface area contributed by atoms with Crippen molar-refractivity contribution in [3.8, 4) is 0 Å². The predicted molar refractivity (Wildman–Crippen MR) is 109 cm³/mol. The van der Waals surface area contributed by atoms with E-state index in [9.17, 15) is 9.59 Å². The molecule has 0 radical (unpaired) electrons. The van der Waals surface area contributed by atoms with Crippen LogP contribution >= 0.6 is 11.8 Å². The lowest BCUT2D eigenvalue weighted by molar-refractivity contribution is -0.129. The van der Waals surface area contributed by atoms with Crippen molar-refractivity contribution in [2.75, 3.05) is 18.8 Å². The lowest BCUT2D eigenvalue weighted by Gasteiger charge is -2.17. The Balaban J connectivity index is 1.37. The first-order valence-electron chi connectivity index (χ1n) is 9.40. The van der Waals surface area contributed by atoms with Crippen molar-refractivity contribution < 1.29 is 9.59 Å². The summed E-state index contributed by atoms with van der Waals surface area (Å²) in [7, 11) is 0. The maximum absolute atomic E-state index is 12.4. The van der Waals surface area contributed by atoms with E-state index in [0.29, 0.717) is 26.1 Å². The van der Waals surface area contributed by atoms with E-state index in [4.69, 9.17) is 0 Å². The zero-order valence-corrected chi connectivity index (χ0v) is 16.5. The highest BCUT2D eigenvalue weighted by molar-refractivity contribution is 7.99. The molecule has 1 aliphatic rings. The van der Waals surface area contributed by atoms with Gasteiger partial charge < -0.3 is 10.2 Å². The fourth-order valence-electron chi connectivity index (χ4n) is 3.15. The summed E-state index contributed by atoms with van der Waals surface area (Å²) in [5.41, 5.74) is 2.31. The molecule has 1 fully saturated rings. The molecule has 1 atom stereocenters. The Morgan fingerprint density at radius 2 is 1.89 bits per heavy atom. The SMILES string of the molecule is Cc1ccc(CN2C[C@@H](C(=O)NCCCSc3ccccc3)CC2=O)cc1. The fourth-order valence-corrected chi connectivity index (χ4v) is 4.02. The van der Waals surface area contributed by atoms with E-state index in [1.165, 1.54) is 10.5 Å². The molecule has 2 amide bonds. The van der Waals surface area contributed by atoms with Crippen molar-refractivity contribution >= 4 is 23.6 Å². The molecule has 2 aromatic rings. The van der Waals surface area contributed by atoms with Crippen LogP contribution in [-0.4, -0.2) is 35.6 Å². The number of amides is 2. The Bertz CT molecular complexity index is 762. The van der Waals surface area contributed by atoms with Gasteiger partial charge in [-0.15, -0.1) is 11.8 Å². The van der Waals surface area contributed by atoms with Crippen LogP contribution in [0.3, 0.4) is 0 Å². The number of aryl methyl sites for hydroxylation is 1. The lowest BCUT2D eigenvalue weighted by atomic mass is 10.1. The molecule has 0 aromatic heterocycles. The number of nitrogens with zero attached hydrogens (tertiary/aromatic N) is 1. The predicted octanol–water partition coefficient (Wildman–Crippen LogP) is 3.64. The molecule has 0 bridgehead atoms. The molecular formula is C22H26N2O2S. The minimum absolute atomic E-state index is 0.000493. The monoisotopic (exact) mass is 382 g/mol. The summed E-state index contributed by atoms with van der Waals surface area (Å²) in [6.45, 7) is 3.79. The lowest BCUT2D eigenvalue weighted by Crippen LogP contribution is -2.33. The van der Waals surface area contributed by atoms with Crippen molar-refractivity contribution in [1.29, 1.82) is 0 Å². The zero-order chi connectivity index (χ0) is 19.1. The zero-order valence-electron chi connectivity index (χ0n) is 15.7. The molecule has 0 aliphatic carbocycles. The molecule has 4 nitrogen and oxygen atoms in total. The van der Waals surface area contributed by atoms with Gasteiger partial charge in [0, 0.05) is 31.0 Å². The van der Waals surface area contributed by atoms with Gasteiger partial charge in [-0.25, -0.2) is 0 Å². The molecular weight excluding hydrogens is 356 g/mol. The van der Waals surface area contributed by atoms with Crippen molar-refractivity contribution in [3.63, 3.8) is 0 Å². The van der Waals surface area contributed by atoms with Crippen LogP contribution in [0.5, 0.6) is 0 Å². The summed E-state index contributed by atoms with van der Waals surface area (Å²) in [5, 5.41) is 2.99. The second-order valence-electron chi connectivity index (χ2n) is 6.97. The topological polar surface area (TPSA) is 49.4 Å². The summed E-state index contributed by atoms with van der Waals surface area (Å²) >= 11 is 1.79. The maximum atomic E-state index is 12.4. The molecule has 1 aliphatic heterocycles. The van der Waals surface area contributed by atoms with Gasteiger partial charge in [0.1, 0.15) is 0 Å². The van der Waals surface area contributed by atoms with E-state index in [0.717, 1.165) is 17.7 Å². The van der Waals surface area contributed by atoms with Crippen molar-refractivity contribution in [2.45, 2.75) is 31.2 Å². The number of nitrogens with one attached hydrogen (secondary N) is 1. The van der Waals surface area contributed by atoms with E-state index in [1.54, 1.807) is 16.7 Å². The highest BCUT2D eigenvalue weighted by Gasteiger charge is 2.33. The molecule has 1 saturated heterocycles. The quantitative estimate of drug-likeness (QED) is 0.560. The van der Waals surface area contributed by atoms with Gasteiger partial charge in [-0.1, -0.05) is 48.0 Å². The first-order chi connectivity index (χ1) is 13.1. The van der Waals surface area contributed by atoms with Gasteiger partial charge in [-0.2, -0.15) is 0 Å². The molecule has 27 heavy (non-hydrogen) atoms. The van der Waals surface area contributed by atoms with Crippen LogP contribution in [0.15, 0.2) is 59.5 Å². The van der Waals surface area contributed by atoms with Gasteiger partial charge in [-0.3, -0.25) is 9.59 Å². The first-order valence-corrected chi connectivity index (χ1v) is 10.4. The molecule has 3 rings (SSSR count). The van der Waals surface area contributed by atoms with Gasteiger partial charge in [0.15, 0.2) is 0 Å². The number of hydrogen-bond donors (Lipinski definition) is 1. The molecule has 1 heterocycles. The Labute approximate surface area is 165 Å². The van der Waals surface area contributed by atoms with Crippen LogP contribution < -0.4 is 5.32 Å². The number of carbonyl (C=O) groups is 2. The summed E-state index contributed by atoms with van der Waals surface area (Å²) in [4.78, 5) is 27.6. The van der Waals surface area contributed by atoms with Gasteiger partial charge in [0.25, 0.3) is 0 Å². The minimum atomic E-state index is -0.232. The third-order valence-corrected chi connectivity index (χ3v) is 5.81. The van der Waals surface area contributed by atoms with Crippen LogP contribution in [0.2, 0.25) is 0 Å². The van der Waals surface area contributed by atoms with Gasteiger partial charge >= 0.3 is 0 Å². The summed E-state index contributed by atoms with van der Waals surface area (Å²) in [6, 6.07) is 18.4. The van der Waals surface area contributed by atoms with Crippen LogP contribution in [-0.2, 0) is 16.1 Å². The third kappa shape index (κ3) is 5.86. The third-order valence-electron chi connectivity index (χ3n) is 4.71. The van der Waals surface area contributed by atoms with Crippen molar-refractivity contribution in [3.05, 3.63) is 65.7 Å². The minimum Gasteiger partial charge on any atom is -0.356 e. The van der Waals surface area contributed by atoms with Gasteiger partial charge in [-0.05, 0) is 36.8 Å². The van der Waals surface area contributed by atoms with Crippen LogP contribution in [0.1, 0.15) is 24.0 Å². The van der Waals surface area contributed by atoms with Gasteiger partial charge in [0.2, 0.25) is 11.8 Å². The molecule has 0 unspecified atom stereocenters. The van der Waals surface area contributed by atoms with E-state index in [-0.39, 0.29) is 17.7 Å². The molecule has 1 N–H and O–H groups in total. The Morgan fingerprint density at radius 3 is 2.63 bits per heavy atom. The van der Waals surface area contributed by atoms with E-state index < -0.39 is 0 Å². The highest BCUT2D eigenvalue weighted by atomic mass is 32.2. The Hall–Kier alpha value is -2.27. The number of likely N-dealkylation sites (tertiary alicyclic amines) is 1. The largest absolute Gasteiger partial charge is 0.356 e. The summed E-state index contributed by atoms with van der Waals surface area (Å²) < 4.78 is 0. The highest BCUT2D eigenvalue weighted by Crippen LogP contribution is 2.21. The van der Waals surface area contributed by atoms with E-state index >= 15 is 0 Å². The van der Waals surface area contributed by atoms with Crippen LogP contribution in [0, 0.1) is 12.8 Å². The number of carbonyl (C=O) groups excluding carboxylic acids is 2. The van der Waals surface area contributed by atoms with Crippen molar-refractivity contribution in [2.24, 2.45) is 5.92 Å². The number of rotatable bonds is 8. The second-order valence-corrected chi connectivity index (χ2v) is 8.14. The van der Waals surface area contributed by atoms with Crippen LogP contribution in [0.25, 0.3) is 0 Å². The average molecular weight is 383 g/mol. The smallest absolute Gasteiger partial charge is 0.225 e. The van der Waals surface area contributed by atoms with E-state index in [1.807, 2.05) is 49.4 Å². The molecule has 0 saturated carbocycles. The molecule has 5 heteroatoms. The summed E-state index contributed by atoms with van der Waals surface area (Å²) in [5.74, 6) is 0.799. The number of thioether (sulfide) groups is 1. The first kappa shape index (κ1) is 19.5. The Kier molecular flexibility index (Phi) is 6.93. The van der Waals surface area contributed by atoms with Crippen LogP contribution in [0.4, 0.5) is 0 Å². The average Bonchev–Trinajstić information content (AvgIpc) is 3.04. The Morgan fingerprint density at radius 1 is 1.15 bits per heavy atom. The molecule has 2 aromatic carbocycles. The summed E-state index contributed by atoms with van der Waals surface area (Å²) in [6.07, 6.45) is 1.23. The standard InChI is InChI=1S/C22H26N2O2S/c1-17-8-10-18(11-9-17)15-24-16-19(14-21(24)25)22(26)23-12-5-13-27-20-6-3-2-4-7-20/h2-4,6-11,19H,5,12-16H2,1H3,(H,23,26)/t19-/m0/s1. The maximum Gasteiger partial charge on any atom is 0.225 e. The number of benzene rings is 2.